The Morgan fingerprint density at radius 3 is 2.52 bits per heavy atom. The van der Waals surface area contributed by atoms with Crippen molar-refractivity contribution in [1.82, 2.24) is 10.6 Å². The predicted octanol–water partition coefficient (Wildman–Crippen LogP) is 4.73. The summed E-state index contributed by atoms with van der Waals surface area (Å²) >= 11 is 12.4. The second kappa shape index (κ2) is 10.6. The second-order valence-electron chi connectivity index (χ2n) is 8.34. The Hall–Kier alpha value is -1.99. The number of hydrogen-bond acceptors (Lipinski definition) is 3. The van der Waals surface area contributed by atoms with Gasteiger partial charge in [0.2, 0.25) is 0 Å². The van der Waals surface area contributed by atoms with Gasteiger partial charge >= 0.3 is 6.03 Å². The molecule has 0 saturated carbocycles. The van der Waals surface area contributed by atoms with Gasteiger partial charge in [-0.25, -0.2) is 4.79 Å². The lowest BCUT2D eigenvalue weighted by molar-refractivity contribution is -0.970. The van der Waals surface area contributed by atoms with E-state index < -0.39 is 0 Å². The first-order valence-electron chi connectivity index (χ1n) is 10.5. The Bertz CT molecular complexity index is 901. The Kier molecular flexibility index (Phi) is 8.06. The van der Waals surface area contributed by atoms with Gasteiger partial charge in [0.15, 0.2) is 6.17 Å². The molecule has 1 aliphatic heterocycles. The van der Waals surface area contributed by atoms with Crippen LogP contribution in [0, 0.1) is 5.92 Å². The molecular formula is C23H31Cl2N4O2+. The topological polar surface area (TPSA) is 62.4 Å². The fourth-order valence-corrected chi connectivity index (χ4v) is 4.64. The zero-order valence-electron chi connectivity index (χ0n) is 18.3. The number of amides is 2. The van der Waals surface area contributed by atoms with Crippen LogP contribution in [-0.2, 0) is 6.54 Å². The molecule has 3 N–H and O–H groups in total. The standard InChI is InChI=1S/C23H30Cl2N4O2/c1-16(2)22(28-23(30)27-18-5-4-6-19(14-18)31-3)29(11-9-26-10-12-29)15-17-7-8-20(24)21(25)13-17/h4-8,13-14,16,22,26H,9-12,15H2,1-3H3,(H-,27,28,30)/p+1. The van der Waals surface area contributed by atoms with Gasteiger partial charge in [-0.2, -0.15) is 0 Å². The van der Waals surface area contributed by atoms with E-state index in [0.717, 1.165) is 42.8 Å². The highest BCUT2D eigenvalue weighted by molar-refractivity contribution is 6.42. The summed E-state index contributed by atoms with van der Waals surface area (Å²) in [6.45, 7) is 8.65. The zero-order chi connectivity index (χ0) is 22.4. The number of benzene rings is 2. The molecule has 3 rings (SSSR count). The first-order valence-corrected chi connectivity index (χ1v) is 11.3. The van der Waals surface area contributed by atoms with Crippen molar-refractivity contribution in [2.45, 2.75) is 26.6 Å². The smallest absolute Gasteiger partial charge is 0.323 e. The number of rotatable bonds is 7. The maximum atomic E-state index is 12.9. The van der Waals surface area contributed by atoms with Crippen LogP contribution in [0.15, 0.2) is 42.5 Å². The van der Waals surface area contributed by atoms with E-state index >= 15 is 0 Å². The molecule has 1 heterocycles. The number of carbonyl (C=O) groups excluding carboxylic acids is 1. The first-order chi connectivity index (χ1) is 14.8. The van der Waals surface area contributed by atoms with Crippen LogP contribution < -0.4 is 20.7 Å². The molecule has 6 nitrogen and oxygen atoms in total. The van der Waals surface area contributed by atoms with Gasteiger partial charge in [0.25, 0.3) is 0 Å². The number of carbonyl (C=O) groups is 1. The van der Waals surface area contributed by atoms with E-state index in [9.17, 15) is 4.79 Å². The normalized spacial score (nSPS) is 16.6. The largest absolute Gasteiger partial charge is 0.497 e. The lowest BCUT2D eigenvalue weighted by Gasteiger charge is -2.48. The number of methoxy groups -OCH3 is 1. The molecule has 2 aromatic carbocycles. The molecule has 2 aromatic rings. The molecular weight excluding hydrogens is 435 g/mol. The van der Waals surface area contributed by atoms with Crippen LogP contribution in [0.1, 0.15) is 19.4 Å². The number of urea groups is 1. The summed E-state index contributed by atoms with van der Waals surface area (Å²) in [6, 6.07) is 12.9. The number of anilines is 1. The average Bonchev–Trinajstić information content (AvgIpc) is 2.75. The first kappa shape index (κ1) is 23.7. The van der Waals surface area contributed by atoms with Crippen LogP contribution in [0.3, 0.4) is 0 Å². The number of quaternary nitrogens is 1. The molecule has 0 spiro atoms. The molecule has 0 radical (unpaired) electrons. The SMILES string of the molecule is COc1cccc(NC(=O)NC(C(C)C)[N+]2(Cc3ccc(Cl)c(Cl)c3)CCNCC2)c1. The van der Waals surface area contributed by atoms with Gasteiger partial charge in [-0.1, -0.05) is 49.2 Å². The Morgan fingerprint density at radius 1 is 1.13 bits per heavy atom. The number of ether oxygens (including phenoxy) is 1. The molecule has 31 heavy (non-hydrogen) atoms. The van der Waals surface area contributed by atoms with Crippen LogP contribution in [0.25, 0.3) is 0 Å². The zero-order valence-corrected chi connectivity index (χ0v) is 19.8. The van der Waals surface area contributed by atoms with E-state index in [1.807, 2.05) is 36.4 Å². The Balaban J connectivity index is 1.81. The van der Waals surface area contributed by atoms with Gasteiger partial charge < -0.3 is 15.4 Å². The van der Waals surface area contributed by atoms with E-state index in [1.54, 1.807) is 13.2 Å². The maximum Gasteiger partial charge on any atom is 0.323 e. The minimum atomic E-state index is -0.225. The fraction of sp³-hybridized carbons (Fsp3) is 0.435. The van der Waals surface area contributed by atoms with Crippen LogP contribution in [0.4, 0.5) is 10.5 Å². The van der Waals surface area contributed by atoms with Crippen molar-refractivity contribution in [2.75, 3.05) is 38.6 Å². The molecule has 1 fully saturated rings. The minimum absolute atomic E-state index is 0.0674. The number of piperazine rings is 1. The summed E-state index contributed by atoms with van der Waals surface area (Å²) in [7, 11) is 1.61. The van der Waals surface area contributed by atoms with Crippen molar-refractivity contribution in [3.63, 3.8) is 0 Å². The second-order valence-corrected chi connectivity index (χ2v) is 9.16. The molecule has 0 bridgehead atoms. The molecule has 0 aliphatic carbocycles. The molecule has 1 atom stereocenters. The van der Waals surface area contributed by atoms with Crippen molar-refractivity contribution >= 4 is 34.9 Å². The molecule has 1 aliphatic rings. The van der Waals surface area contributed by atoms with Crippen LogP contribution >= 0.6 is 23.2 Å². The lowest BCUT2D eigenvalue weighted by Crippen LogP contribution is -2.69. The molecule has 8 heteroatoms. The van der Waals surface area contributed by atoms with E-state index in [2.05, 4.69) is 29.8 Å². The highest BCUT2D eigenvalue weighted by Gasteiger charge is 2.41. The Morgan fingerprint density at radius 2 is 1.87 bits per heavy atom. The minimum Gasteiger partial charge on any atom is -0.497 e. The third-order valence-corrected chi connectivity index (χ3v) is 6.52. The summed E-state index contributed by atoms with van der Waals surface area (Å²) < 4.78 is 5.99. The highest BCUT2D eigenvalue weighted by atomic mass is 35.5. The summed E-state index contributed by atoms with van der Waals surface area (Å²) in [6.07, 6.45) is -0.0674. The van der Waals surface area contributed by atoms with Gasteiger partial charge in [-0.3, -0.25) is 9.80 Å². The molecule has 1 unspecified atom stereocenters. The lowest BCUT2D eigenvalue weighted by atomic mass is 10.0. The summed E-state index contributed by atoms with van der Waals surface area (Å²) in [5.74, 6) is 0.931. The van der Waals surface area contributed by atoms with Gasteiger partial charge in [0.05, 0.1) is 30.2 Å². The number of nitrogens with zero attached hydrogens (tertiary/aromatic N) is 1. The quantitative estimate of drug-likeness (QED) is 0.518. The van der Waals surface area contributed by atoms with Gasteiger partial charge in [-0.15, -0.1) is 0 Å². The van der Waals surface area contributed by atoms with E-state index in [4.69, 9.17) is 27.9 Å². The summed E-state index contributed by atoms with van der Waals surface area (Å²) in [4.78, 5) is 12.9. The van der Waals surface area contributed by atoms with E-state index in [1.165, 1.54) is 0 Å². The van der Waals surface area contributed by atoms with E-state index in [-0.39, 0.29) is 18.1 Å². The van der Waals surface area contributed by atoms with Crippen LogP contribution in [0.5, 0.6) is 5.75 Å². The average molecular weight is 466 g/mol. The predicted molar refractivity (Wildman–Crippen MR) is 127 cm³/mol. The van der Waals surface area contributed by atoms with Crippen molar-refractivity contribution in [3.8, 4) is 5.75 Å². The monoisotopic (exact) mass is 465 g/mol. The van der Waals surface area contributed by atoms with Crippen molar-refractivity contribution < 1.29 is 14.0 Å². The van der Waals surface area contributed by atoms with Gasteiger partial charge in [0.1, 0.15) is 12.3 Å². The fourth-order valence-electron chi connectivity index (χ4n) is 4.31. The van der Waals surface area contributed by atoms with Crippen molar-refractivity contribution in [3.05, 3.63) is 58.1 Å². The van der Waals surface area contributed by atoms with Gasteiger partial charge in [0, 0.05) is 36.3 Å². The van der Waals surface area contributed by atoms with Crippen molar-refractivity contribution in [1.29, 1.82) is 0 Å². The highest BCUT2D eigenvalue weighted by Crippen LogP contribution is 2.28. The van der Waals surface area contributed by atoms with Crippen LogP contribution in [-0.4, -0.2) is 50.0 Å². The molecule has 0 aromatic heterocycles. The number of nitrogens with one attached hydrogen (secondary N) is 3. The summed E-state index contributed by atoms with van der Waals surface area (Å²) in [5, 5.41) is 10.7. The number of hydrogen-bond donors (Lipinski definition) is 3. The molecule has 1 saturated heterocycles. The molecule has 2 amide bonds. The third-order valence-electron chi connectivity index (χ3n) is 5.78. The maximum absolute atomic E-state index is 12.9. The van der Waals surface area contributed by atoms with Gasteiger partial charge in [-0.05, 0) is 24.3 Å². The third kappa shape index (κ3) is 6.04. The number of halogens is 2. The Labute approximate surface area is 194 Å². The molecule has 168 valence electrons. The van der Waals surface area contributed by atoms with E-state index in [0.29, 0.717) is 21.5 Å². The van der Waals surface area contributed by atoms with Crippen LogP contribution in [0.2, 0.25) is 10.0 Å². The van der Waals surface area contributed by atoms with Crippen molar-refractivity contribution in [2.24, 2.45) is 5.92 Å². The summed E-state index contributed by atoms with van der Waals surface area (Å²) in [5.41, 5.74) is 1.80.